The lowest BCUT2D eigenvalue weighted by Gasteiger charge is -2.47. The van der Waals surface area contributed by atoms with E-state index in [2.05, 4.69) is 29.2 Å². The maximum Gasteiger partial charge on any atom is 0.407 e. The molecule has 164 valence electrons. The Labute approximate surface area is 180 Å². The number of nitrogens with zero attached hydrogens (tertiary/aromatic N) is 2. The third-order valence-corrected chi connectivity index (χ3v) is 8.39. The molecule has 4 aliphatic rings. The molecule has 5 heteroatoms. The summed E-state index contributed by atoms with van der Waals surface area (Å²) in [4.78, 5) is 15.4. The Kier molecular flexibility index (Phi) is 5.76. The predicted molar refractivity (Wildman–Crippen MR) is 117 cm³/mol. The number of carbonyl (C=O) groups is 1. The van der Waals surface area contributed by atoms with Crippen molar-refractivity contribution in [3.63, 3.8) is 0 Å². The molecule has 1 N–H and O–H groups in total. The monoisotopic (exact) mass is 412 g/mol. The molecule has 1 saturated carbocycles. The maximum atomic E-state index is 11.1. The van der Waals surface area contributed by atoms with Gasteiger partial charge >= 0.3 is 6.09 Å². The first-order chi connectivity index (χ1) is 14.6. The number of hydrogen-bond acceptors (Lipinski definition) is 3. The van der Waals surface area contributed by atoms with E-state index in [0.717, 1.165) is 32.2 Å². The molecule has 5 nitrogen and oxygen atoms in total. The molecule has 1 atom stereocenters. The highest BCUT2D eigenvalue weighted by Crippen LogP contribution is 2.48. The number of benzene rings is 1. The van der Waals surface area contributed by atoms with Gasteiger partial charge in [0, 0.05) is 37.8 Å². The Balaban J connectivity index is 1.16. The molecule has 0 unspecified atom stereocenters. The van der Waals surface area contributed by atoms with Crippen LogP contribution in [0.15, 0.2) is 24.3 Å². The third-order valence-electron chi connectivity index (χ3n) is 8.39. The molecule has 3 aliphatic heterocycles. The van der Waals surface area contributed by atoms with E-state index in [0.29, 0.717) is 12.0 Å². The smallest absolute Gasteiger partial charge is 0.407 e. The zero-order valence-corrected chi connectivity index (χ0v) is 18.1. The quantitative estimate of drug-likeness (QED) is 0.798. The van der Waals surface area contributed by atoms with Gasteiger partial charge in [-0.1, -0.05) is 24.3 Å². The molecule has 3 saturated heterocycles. The van der Waals surface area contributed by atoms with Crippen LogP contribution in [0.2, 0.25) is 0 Å². The highest BCUT2D eigenvalue weighted by Gasteiger charge is 2.50. The Bertz CT molecular complexity index is 747. The number of hydrogen-bond donors (Lipinski definition) is 1. The van der Waals surface area contributed by atoms with E-state index >= 15 is 0 Å². The van der Waals surface area contributed by atoms with Crippen molar-refractivity contribution in [2.45, 2.75) is 63.3 Å². The molecular weight excluding hydrogens is 376 g/mol. The minimum Gasteiger partial charge on any atom is -0.465 e. The minimum atomic E-state index is -0.746. The minimum absolute atomic E-state index is 0.288. The summed E-state index contributed by atoms with van der Waals surface area (Å²) in [5, 5.41) is 9.16. The molecule has 0 bridgehead atoms. The van der Waals surface area contributed by atoms with Crippen molar-refractivity contribution in [3.8, 4) is 0 Å². The summed E-state index contributed by atoms with van der Waals surface area (Å²) in [6.07, 6.45) is 9.04. The maximum absolute atomic E-state index is 11.1. The Morgan fingerprint density at radius 1 is 1.07 bits per heavy atom. The predicted octanol–water partition coefficient (Wildman–Crippen LogP) is 4.37. The van der Waals surface area contributed by atoms with Gasteiger partial charge in [0.25, 0.3) is 0 Å². The van der Waals surface area contributed by atoms with Gasteiger partial charge in [0.15, 0.2) is 0 Å². The lowest BCUT2D eigenvalue weighted by atomic mass is 9.78. The molecule has 0 aromatic heterocycles. The van der Waals surface area contributed by atoms with E-state index in [9.17, 15) is 4.79 Å². The SMILES string of the molecule is O=C(O)N1CC2(CC[C@@H](N3CCC(c4ccccc4CC4CCOCC4)CC3)C2)C1. The molecule has 5 rings (SSSR count). The van der Waals surface area contributed by atoms with Crippen LogP contribution in [0.25, 0.3) is 0 Å². The summed E-state index contributed by atoms with van der Waals surface area (Å²) in [5.74, 6) is 1.47. The first-order valence-electron chi connectivity index (χ1n) is 12.0. The number of piperidine rings is 1. The number of carboxylic acid groups (broad SMARTS) is 1. The molecule has 1 aromatic rings. The number of likely N-dealkylation sites (tertiary alicyclic amines) is 2. The summed E-state index contributed by atoms with van der Waals surface area (Å²) in [7, 11) is 0. The molecule has 3 heterocycles. The zero-order chi connectivity index (χ0) is 20.6. The van der Waals surface area contributed by atoms with Crippen LogP contribution in [0.1, 0.15) is 62.0 Å². The Hall–Kier alpha value is -1.59. The van der Waals surface area contributed by atoms with Gasteiger partial charge < -0.3 is 19.6 Å². The van der Waals surface area contributed by atoms with Gasteiger partial charge in [-0.05, 0) is 87.4 Å². The van der Waals surface area contributed by atoms with Gasteiger partial charge in [-0.2, -0.15) is 0 Å². The van der Waals surface area contributed by atoms with Crippen molar-refractivity contribution in [1.29, 1.82) is 0 Å². The molecule has 1 aliphatic carbocycles. The van der Waals surface area contributed by atoms with E-state index in [1.165, 1.54) is 64.5 Å². The number of ether oxygens (including phenoxy) is 1. The fourth-order valence-corrected chi connectivity index (χ4v) is 6.63. The van der Waals surface area contributed by atoms with E-state index in [-0.39, 0.29) is 5.41 Å². The van der Waals surface area contributed by atoms with Crippen LogP contribution < -0.4 is 0 Å². The van der Waals surface area contributed by atoms with Crippen LogP contribution in [-0.4, -0.2) is 66.4 Å². The topological polar surface area (TPSA) is 53.0 Å². The molecule has 1 spiro atoms. The van der Waals surface area contributed by atoms with Crippen molar-refractivity contribution in [1.82, 2.24) is 9.80 Å². The Morgan fingerprint density at radius 2 is 1.80 bits per heavy atom. The van der Waals surface area contributed by atoms with Gasteiger partial charge in [-0.15, -0.1) is 0 Å². The van der Waals surface area contributed by atoms with Crippen LogP contribution in [0, 0.1) is 11.3 Å². The highest BCUT2D eigenvalue weighted by molar-refractivity contribution is 5.66. The fourth-order valence-electron chi connectivity index (χ4n) is 6.63. The summed E-state index contributed by atoms with van der Waals surface area (Å²) >= 11 is 0. The second kappa shape index (κ2) is 8.51. The average molecular weight is 413 g/mol. The molecule has 1 amide bonds. The largest absolute Gasteiger partial charge is 0.465 e. The fraction of sp³-hybridized carbons (Fsp3) is 0.720. The molecule has 0 radical (unpaired) electrons. The standard InChI is InChI=1S/C25H36N2O3/c28-24(29)27-17-25(18-27)10-5-22(16-25)26-11-6-20(7-12-26)23-4-2-1-3-21(23)15-19-8-13-30-14-9-19/h1-4,19-20,22H,5-18H2,(H,28,29)/t22-/m1/s1. The van der Waals surface area contributed by atoms with Crippen molar-refractivity contribution < 1.29 is 14.6 Å². The molecule has 30 heavy (non-hydrogen) atoms. The van der Waals surface area contributed by atoms with Gasteiger partial charge in [-0.3, -0.25) is 0 Å². The van der Waals surface area contributed by atoms with Gasteiger partial charge in [-0.25, -0.2) is 4.79 Å². The van der Waals surface area contributed by atoms with Crippen LogP contribution in [0.4, 0.5) is 4.79 Å². The van der Waals surface area contributed by atoms with Crippen molar-refractivity contribution >= 4 is 6.09 Å². The molecular formula is C25H36N2O3. The molecule has 1 aromatic carbocycles. The van der Waals surface area contributed by atoms with E-state index in [1.807, 2.05) is 0 Å². The first-order valence-corrected chi connectivity index (χ1v) is 12.0. The second-order valence-corrected chi connectivity index (χ2v) is 10.3. The lowest BCUT2D eigenvalue weighted by molar-refractivity contribution is 0.00813. The van der Waals surface area contributed by atoms with Crippen molar-refractivity contribution in [2.75, 3.05) is 39.4 Å². The Morgan fingerprint density at radius 3 is 2.53 bits per heavy atom. The van der Waals surface area contributed by atoms with Gasteiger partial charge in [0.2, 0.25) is 0 Å². The lowest BCUT2D eigenvalue weighted by Crippen LogP contribution is -2.57. The molecule has 4 fully saturated rings. The summed E-state index contributed by atoms with van der Waals surface area (Å²) in [5.41, 5.74) is 3.46. The number of amides is 1. The normalized spacial score (nSPS) is 28.0. The van der Waals surface area contributed by atoms with Crippen LogP contribution in [0.5, 0.6) is 0 Å². The van der Waals surface area contributed by atoms with E-state index in [4.69, 9.17) is 9.84 Å². The first kappa shape index (κ1) is 20.3. The van der Waals surface area contributed by atoms with Crippen LogP contribution >= 0.6 is 0 Å². The van der Waals surface area contributed by atoms with Gasteiger partial charge in [0.05, 0.1) is 0 Å². The second-order valence-electron chi connectivity index (χ2n) is 10.3. The average Bonchev–Trinajstić information content (AvgIpc) is 3.20. The number of rotatable bonds is 4. The zero-order valence-electron chi connectivity index (χ0n) is 18.1. The van der Waals surface area contributed by atoms with Crippen molar-refractivity contribution in [3.05, 3.63) is 35.4 Å². The highest BCUT2D eigenvalue weighted by atomic mass is 16.5. The van der Waals surface area contributed by atoms with Gasteiger partial charge in [0.1, 0.15) is 0 Å². The van der Waals surface area contributed by atoms with E-state index in [1.54, 1.807) is 16.0 Å². The van der Waals surface area contributed by atoms with Crippen LogP contribution in [0.3, 0.4) is 0 Å². The van der Waals surface area contributed by atoms with Crippen LogP contribution in [-0.2, 0) is 11.2 Å². The summed E-state index contributed by atoms with van der Waals surface area (Å²) in [6, 6.07) is 9.85. The summed E-state index contributed by atoms with van der Waals surface area (Å²) in [6.45, 7) is 5.76. The summed E-state index contributed by atoms with van der Waals surface area (Å²) < 4.78 is 5.55. The third kappa shape index (κ3) is 4.11. The van der Waals surface area contributed by atoms with E-state index < -0.39 is 6.09 Å². The van der Waals surface area contributed by atoms with Crippen molar-refractivity contribution in [2.24, 2.45) is 11.3 Å².